The second-order valence-corrected chi connectivity index (χ2v) is 6.49. The Labute approximate surface area is 121 Å². The van der Waals surface area contributed by atoms with Crippen LogP contribution in [0.5, 0.6) is 0 Å². The summed E-state index contributed by atoms with van der Waals surface area (Å²) in [7, 11) is 2.20. The highest BCUT2D eigenvalue weighted by molar-refractivity contribution is 6.30. The van der Waals surface area contributed by atoms with Crippen molar-refractivity contribution in [2.24, 2.45) is 11.1 Å². The predicted octanol–water partition coefficient (Wildman–Crippen LogP) is 3.85. The van der Waals surface area contributed by atoms with E-state index in [1.165, 1.54) is 31.2 Å². The van der Waals surface area contributed by atoms with E-state index < -0.39 is 0 Å². The maximum atomic E-state index is 6.08. The lowest BCUT2D eigenvalue weighted by molar-refractivity contribution is 0.150. The lowest BCUT2D eigenvalue weighted by Gasteiger charge is -2.35. The Morgan fingerprint density at radius 2 is 2.05 bits per heavy atom. The maximum Gasteiger partial charge on any atom is 0.0409 e. The third-order valence-corrected chi connectivity index (χ3v) is 4.91. The fourth-order valence-electron chi connectivity index (χ4n) is 3.24. The Hall–Kier alpha value is -0.570. The van der Waals surface area contributed by atoms with E-state index in [4.69, 9.17) is 17.3 Å². The van der Waals surface area contributed by atoms with Crippen molar-refractivity contribution in [2.75, 3.05) is 20.1 Å². The fourth-order valence-corrected chi connectivity index (χ4v) is 3.44. The maximum absolute atomic E-state index is 6.08. The zero-order valence-corrected chi connectivity index (χ0v) is 12.8. The summed E-state index contributed by atoms with van der Waals surface area (Å²) >= 11 is 6.08. The molecule has 0 aliphatic heterocycles. The van der Waals surface area contributed by atoms with Crippen molar-refractivity contribution in [3.63, 3.8) is 0 Å². The molecule has 1 aromatic carbocycles. The Morgan fingerprint density at radius 3 is 2.63 bits per heavy atom. The summed E-state index contributed by atoms with van der Waals surface area (Å²) in [6, 6.07) is 8.54. The molecule has 1 aliphatic carbocycles. The van der Waals surface area contributed by atoms with Crippen LogP contribution in [-0.2, 0) is 0 Å². The molecule has 0 bridgehead atoms. The number of benzene rings is 1. The minimum atomic E-state index is 0.335. The van der Waals surface area contributed by atoms with E-state index in [1.54, 1.807) is 0 Å². The molecule has 1 aliphatic rings. The van der Waals surface area contributed by atoms with Gasteiger partial charge in [0.1, 0.15) is 0 Å². The normalized spacial score (nSPS) is 19.8. The monoisotopic (exact) mass is 280 g/mol. The molecule has 2 rings (SSSR count). The van der Waals surface area contributed by atoms with Crippen LogP contribution in [0, 0.1) is 5.41 Å². The van der Waals surface area contributed by atoms with Gasteiger partial charge in [0, 0.05) is 17.6 Å². The lowest BCUT2D eigenvalue weighted by atomic mass is 9.85. The minimum absolute atomic E-state index is 0.335. The first-order valence-corrected chi connectivity index (χ1v) is 7.60. The summed E-state index contributed by atoms with van der Waals surface area (Å²) in [5, 5.41) is 0.812. The van der Waals surface area contributed by atoms with Crippen molar-refractivity contribution in [3.05, 3.63) is 34.9 Å². The summed E-state index contributed by atoms with van der Waals surface area (Å²) in [6.07, 6.45) is 5.21. The molecule has 1 unspecified atom stereocenters. The number of hydrogen-bond acceptors (Lipinski definition) is 2. The lowest BCUT2D eigenvalue weighted by Crippen LogP contribution is -2.40. The van der Waals surface area contributed by atoms with Gasteiger partial charge in [-0.2, -0.15) is 0 Å². The molecule has 1 aromatic rings. The molecule has 0 spiro atoms. The van der Waals surface area contributed by atoms with Gasteiger partial charge in [-0.05, 0) is 56.5 Å². The second kappa shape index (κ2) is 6.25. The minimum Gasteiger partial charge on any atom is -0.330 e. The van der Waals surface area contributed by atoms with Gasteiger partial charge in [0.25, 0.3) is 0 Å². The van der Waals surface area contributed by atoms with E-state index in [1.807, 2.05) is 12.1 Å². The highest BCUT2D eigenvalue weighted by Crippen LogP contribution is 2.39. The van der Waals surface area contributed by atoms with E-state index >= 15 is 0 Å². The molecule has 0 amide bonds. The molecular weight excluding hydrogens is 256 g/mol. The number of rotatable bonds is 5. The highest BCUT2D eigenvalue weighted by Gasteiger charge is 2.34. The van der Waals surface area contributed by atoms with E-state index in [0.717, 1.165) is 18.1 Å². The van der Waals surface area contributed by atoms with E-state index in [0.29, 0.717) is 11.5 Å². The van der Waals surface area contributed by atoms with Gasteiger partial charge in [0.15, 0.2) is 0 Å². The van der Waals surface area contributed by atoms with Gasteiger partial charge >= 0.3 is 0 Å². The van der Waals surface area contributed by atoms with E-state index in [-0.39, 0.29) is 0 Å². The first kappa shape index (κ1) is 14.8. The largest absolute Gasteiger partial charge is 0.330 e. The SMILES string of the molecule is CC(c1cccc(Cl)c1)N(C)CC1(CN)CCCC1. The smallest absolute Gasteiger partial charge is 0.0409 e. The molecule has 0 aromatic heterocycles. The molecule has 0 heterocycles. The van der Waals surface area contributed by atoms with Crippen molar-refractivity contribution in [2.45, 2.75) is 38.6 Å². The first-order chi connectivity index (χ1) is 9.06. The molecule has 2 nitrogen and oxygen atoms in total. The topological polar surface area (TPSA) is 29.3 Å². The zero-order chi connectivity index (χ0) is 13.9. The van der Waals surface area contributed by atoms with Gasteiger partial charge in [-0.25, -0.2) is 0 Å². The third-order valence-electron chi connectivity index (χ3n) is 4.67. The number of nitrogens with two attached hydrogens (primary N) is 1. The van der Waals surface area contributed by atoms with Gasteiger partial charge in [-0.1, -0.05) is 36.6 Å². The summed E-state index contributed by atoms with van der Waals surface area (Å²) in [5.41, 5.74) is 7.65. The molecule has 19 heavy (non-hydrogen) atoms. The molecule has 0 radical (unpaired) electrons. The summed E-state index contributed by atoms with van der Waals surface area (Å²) in [4.78, 5) is 2.42. The zero-order valence-electron chi connectivity index (χ0n) is 12.0. The number of halogens is 1. The average Bonchev–Trinajstić information content (AvgIpc) is 2.87. The first-order valence-electron chi connectivity index (χ1n) is 7.22. The van der Waals surface area contributed by atoms with Crippen LogP contribution < -0.4 is 5.73 Å². The molecule has 3 heteroatoms. The Kier molecular flexibility index (Phi) is 4.88. The van der Waals surface area contributed by atoms with E-state index in [2.05, 4.69) is 31.0 Å². The van der Waals surface area contributed by atoms with Crippen molar-refractivity contribution < 1.29 is 0 Å². The van der Waals surface area contributed by atoms with Crippen LogP contribution in [0.1, 0.15) is 44.2 Å². The van der Waals surface area contributed by atoms with Gasteiger partial charge in [-0.3, -0.25) is 4.90 Å². The van der Waals surface area contributed by atoms with Gasteiger partial charge < -0.3 is 5.73 Å². The predicted molar refractivity (Wildman–Crippen MR) is 82.5 cm³/mol. The van der Waals surface area contributed by atoms with Crippen LogP contribution in [0.2, 0.25) is 5.02 Å². The molecule has 106 valence electrons. The Balaban J connectivity index is 2.04. The molecule has 1 atom stereocenters. The fraction of sp³-hybridized carbons (Fsp3) is 0.625. The third kappa shape index (κ3) is 3.50. The van der Waals surface area contributed by atoms with Crippen LogP contribution in [-0.4, -0.2) is 25.0 Å². The van der Waals surface area contributed by atoms with Crippen LogP contribution in [0.25, 0.3) is 0 Å². The van der Waals surface area contributed by atoms with Crippen LogP contribution in [0.3, 0.4) is 0 Å². The Morgan fingerprint density at radius 1 is 1.37 bits per heavy atom. The Bertz CT molecular complexity index is 413. The molecule has 1 saturated carbocycles. The van der Waals surface area contributed by atoms with Crippen LogP contribution in [0.4, 0.5) is 0 Å². The summed E-state index contributed by atoms with van der Waals surface area (Å²) in [6.45, 7) is 4.13. The molecular formula is C16H25ClN2. The average molecular weight is 281 g/mol. The van der Waals surface area contributed by atoms with E-state index in [9.17, 15) is 0 Å². The second-order valence-electron chi connectivity index (χ2n) is 6.06. The van der Waals surface area contributed by atoms with Crippen molar-refractivity contribution in [1.82, 2.24) is 4.90 Å². The molecule has 2 N–H and O–H groups in total. The quantitative estimate of drug-likeness (QED) is 0.888. The van der Waals surface area contributed by atoms with Gasteiger partial charge in [0.2, 0.25) is 0 Å². The number of nitrogens with zero attached hydrogens (tertiary/aromatic N) is 1. The van der Waals surface area contributed by atoms with Crippen molar-refractivity contribution >= 4 is 11.6 Å². The standard InChI is InChI=1S/C16H25ClN2/c1-13(14-6-5-7-15(17)10-14)19(2)12-16(11-18)8-3-4-9-16/h5-7,10,13H,3-4,8-9,11-12,18H2,1-2H3. The summed E-state index contributed by atoms with van der Waals surface area (Å²) < 4.78 is 0. The van der Waals surface area contributed by atoms with Gasteiger partial charge in [-0.15, -0.1) is 0 Å². The number of hydrogen-bond donors (Lipinski definition) is 1. The van der Waals surface area contributed by atoms with Crippen LogP contribution in [0.15, 0.2) is 24.3 Å². The van der Waals surface area contributed by atoms with Crippen LogP contribution >= 0.6 is 11.6 Å². The molecule has 1 fully saturated rings. The van der Waals surface area contributed by atoms with Gasteiger partial charge in [0.05, 0.1) is 0 Å². The molecule has 0 saturated heterocycles. The summed E-state index contributed by atoms with van der Waals surface area (Å²) in [5.74, 6) is 0. The highest BCUT2D eigenvalue weighted by atomic mass is 35.5. The van der Waals surface area contributed by atoms with Crippen molar-refractivity contribution in [3.8, 4) is 0 Å². The van der Waals surface area contributed by atoms with Crippen molar-refractivity contribution in [1.29, 1.82) is 0 Å².